The minimum Gasteiger partial charge on any atom is -0.463 e. The van der Waals surface area contributed by atoms with E-state index in [9.17, 15) is 22.8 Å². The number of hydrogen-bond donors (Lipinski definition) is 2. The molecule has 0 aromatic carbocycles. The Balaban J connectivity index is 5.61. The zero-order valence-corrected chi connectivity index (χ0v) is 31.3. The molecule has 0 saturated heterocycles. The largest absolute Gasteiger partial charge is 0.463 e. The third kappa shape index (κ3) is 27.8. The summed E-state index contributed by atoms with van der Waals surface area (Å²) in [6, 6.07) is 0. The van der Waals surface area contributed by atoms with Crippen LogP contribution >= 0.6 is 0 Å². The number of nitrogens with one attached hydrogen (secondary N) is 2. The van der Waals surface area contributed by atoms with Crippen LogP contribution in [-0.2, 0) is 38.6 Å². The number of nitrogens with zero attached hydrogens (tertiary/aromatic N) is 1. The first-order chi connectivity index (χ1) is 22.5. The highest BCUT2D eigenvalue weighted by Gasteiger charge is 2.36. The van der Waals surface area contributed by atoms with Gasteiger partial charge in [0.2, 0.25) is 10.0 Å². The molecule has 0 amide bonds. The predicted octanol–water partition coefficient (Wildman–Crippen LogP) is 5.90. The van der Waals surface area contributed by atoms with E-state index in [-0.39, 0.29) is 51.4 Å². The summed E-state index contributed by atoms with van der Waals surface area (Å²) in [5, 5.41) is 3.16. The molecule has 0 fully saturated rings. The summed E-state index contributed by atoms with van der Waals surface area (Å²) in [6.45, 7) is 6.74. The first-order valence-electron chi connectivity index (χ1n) is 18.3. The van der Waals surface area contributed by atoms with Crippen LogP contribution in [0.4, 0.5) is 0 Å². The maximum atomic E-state index is 12.7. The van der Waals surface area contributed by atoms with Gasteiger partial charge in [-0.1, -0.05) is 97.8 Å². The van der Waals surface area contributed by atoms with Crippen LogP contribution in [-0.4, -0.2) is 96.1 Å². The molecular weight excluding hydrogens is 622 g/mol. The second-order valence-corrected chi connectivity index (χ2v) is 15.0. The smallest absolute Gasteiger partial charge is 0.305 e. The molecule has 0 aliphatic heterocycles. The van der Waals surface area contributed by atoms with Crippen LogP contribution in [0, 0.1) is 0 Å². The van der Waals surface area contributed by atoms with Crippen molar-refractivity contribution in [3.05, 3.63) is 0 Å². The molecule has 0 aliphatic carbocycles. The first-order valence-corrected chi connectivity index (χ1v) is 20.0. The second kappa shape index (κ2) is 29.2. The van der Waals surface area contributed by atoms with Gasteiger partial charge in [0.05, 0.1) is 5.75 Å². The van der Waals surface area contributed by atoms with Gasteiger partial charge in [0.25, 0.3) is 0 Å². The number of ether oxygens (including phenoxy) is 3. The quantitative estimate of drug-likeness (QED) is 0.0486. The van der Waals surface area contributed by atoms with Gasteiger partial charge >= 0.3 is 17.9 Å². The van der Waals surface area contributed by atoms with Crippen LogP contribution in [0.3, 0.4) is 0 Å². The molecule has 47 heavy (non-hydrogen) atoms. The SMILES string of the molecule is CCCCCCCC(=O)OCC(COC(=O)CCCCCCC)(COC(=O)CCCCCCC)NCCS(=O)(=O)NCCCN(C)C. The number of carbonyl (C=O) groups excluding carboxylic acids is 3. The Hall–Kier alpha value is -1.76. The third-order valence-corrected chi connectivity index (χ3v) is 9.34. The molecule has 0 atom stereocenters. The van der Waals surface area contributed by atoms with Crippen molar-refractivity contribution in [3.63, 3.8) is 0 Å². The molecule has 0 aromatic rings. The summed E-state index contributed by atoms with van der Waals surface area (Å²) in [5.74, 6) is -1.44. The summed E-state index contributed by atoms with van der Waals surface area (Å²) in [7, 11) is 0.243. The van der Waals surface area contributed by atoms with Crippen molar-refractivity contribution in [2.75, 3.05) is 59.3 Å². The summed E-state index contributed by atoms with van der Waals surface area (Å²) in [4.78, 5) is 40.1. The monoisotopic (exact) mass is 691 g/mol. The van der Waals surface area contributed by atoms with E-state index in [0.717, 1.165) is 83.6 Å². The fraction of sp³-hybridized carbons (Fsp3) is 0.914. The summed E-state index contributed by atoms with van der Waals surface area (Å²) >= 11 is 0. The molecule has 278 valence electrons. The Morgan fingerprint density at radius 1 is 0.574 bits per heavy atom. The van der Waals surface area contributed by atoms with Gasteiger partial charge in [0.15, 0.2) is 0 Å². The van der Waals surface area contributed by atoms with Gasteiger partial charge in [-0.3, -0.25) is 14.4 Å². The summed E-state index contributed by atoms with van der Waals surface area (Å²) < 4.78 is 45.0. The van der Waals surface area contributed by atoms with Gasteiger partial charge in [-0.15, -0.1) is 0 Å². The molecule has 0 rings (SSSR count). The van der Waals surface area contributed by atoms with Gasteiger partial charge in [-0.05, 0) is 46.3 Å². The summed E-state index contributed by atoms with van der Waals surface area (Å²) in [6.07, 6.45) is 16.1. The van der Waals surface area contributed by atoms with Crippen molar-refractivity contribution in [1.29, 1.82) is 0 Å². The van der Waals surface area contributed by atoms with E-state index in [2.05, 4.69) is 30.8 Å². The molecule has 0 heterocycles. The molecule has 0 aliphatic rings. The standard InChI is InChI=1S/C35H69N3O8S/c1-6-9-12-15-18-22-32(39)44-29-35(30-45-33(40)23-19-16-13-10-7-2,31-46-34(41)24-20-17-14-11-8-3)36-26-28-47(42,43)37-25-21-27-38(4)5/h36-37H,6-31H2,1-5H3. The minimum atomic E-state index is -3.61. The van der Waals surface area contributed by atoms with Crippen molar-refractivity contribution in [2.24, 2.45) is 0 Å². The topological polar surface area (TPSA) is 140 Å². The minimum absolute atomic E-state index is 0.0271. The molecule has 12 heteroatoms. The highest BCUT2D eigenvalue weighted by Crippen LogP contribution is 2.15. The van der Waals surface area contributed by atoms with Crippen LogP contribution in [0.5, 0.6) is 0 Å². The lowest BCUT2D eigenvalue weighted by Crippen LogP contribution is -2.58. The molecule has 0 spiro atoms. The van der Waals surface area contributed by atoms with E-state index in [4.69, 9.17) is 14.2 Å². The Kier molecular flexibility index (Phi) is 28.1. The van der Waals surface area contributed by atoms with Gasteiger partial charge in [0, 0.05) is 32.4 Å². The van der Waals surface area contributed by atoms with E-state index in [1.54, 1.807) is 0 Å². The Labute approximate surface area is 287 Å². The fourth-order valence-corrected chi connectivity index (χ4v) is 5.89. The molecule has 0 bridgehead atoms. The zero-order chi connectivity index (χ0) is 35.2. The molecule has 0 saturated carbocycles. The molecule has 0 aromatic heterocycles. The van der Waals surface area contributed by atoms with E-state index in [0.29, 0.717) is 32.2 Å². The Morgan fingerprint density at radius 3 is 1.32 bits per heavy atom. The van der Waals surface area contributed by atoms with Gasteiger partial charge in [-0.2, -0.15) is 0 Å². The van der Waals surface area contributed by atoms with Crippen molar-refractivity contribution in [1.82, 2.24) is 14.9 Å². The Bertz CT molecular complexity index is 840. The molecule has 2 N–H and O–H groups in total. The van der Waals surface area contributed by atoms with Crippen LogP contribution in [0.15, 0.2) is 0 Å². The molecule has 0 radical (unpaired) electrons. The highest BCUT2D eigenvalue weighted by molar-refractivity contribution is 7.89. The van der Waals surface area contributed by atoms with Crippen LogP contribution in [0.2, 0.25) is 0 Å². The lowest BCUT2D eigenvalue weighted by atomic mass is 10.0. The van der Waals surface area contributed by atoms with Crippen molar-refractivity contribution in [3.8, 4) is 0 Å². The maximum Gasteiger partial charge on any atom is 0.305 e. The highest BCUT2D eigenvalue weighted by atomic mass is 32.2. The predicted molar refractivity (Wildman–Crippen MR) is 189 cm³/mol. The number of sulfonamides is 1. The number of carbonyl (C=O) groups is 3. The van der Waals surface area contributed by atoms with Gasteiger partial charge in [0.1, 0.15) is 25.4 Å². The molecular formula is C35H69N3O8S. The third-order valence-electron chi connectivity index (χ3n) is 7.96. The fourth-order valence-electron chi connectivity index (χ4n) is 4.91. The van der Waals surface area contributed by atoms with Gasteiger partial charge in [-0.25, -0.2) is 13.1 Å². The van der Waals surface area contributed by atoms with Crippen LogP contribution in [0.25, 0.3) is 0 Å². The van der Waals surface area contributed by atoms with Crippen molar-refractivity contribution < 1.29 is 37.0 Å². The van der Waals surface area contributed by atoms with E-state index in [1.165, 1.54) is 0 Å². The van der Waals surface area contributed by atoms with Crippen molar-refractivity contribution >= 4 is 27.9 Å². The number of hydrogen-bond acceptors (Lipinski definition) is 10. The number of rotatable bonds is 33. The van der Waals surface area contributed by atoms with E-state index < -0.39 is 33.5 Å². The van der Waals surface area contributed by atoms with Crippen LogP contribution in [0.1, 0.15) is 143 Å². The average molecular weight is 692 g/mol. The summed E-state index contributed by atoms with van der Waals surface area (Å²) in [5.41, 5.74) is -1.30. The lowest BCUT2D eigenvalue weighted by molar-refractivity contribution is -0.157. The zero-order valence-electron chi connectivity index (χ0n) is 30.5. The first kappa shape index (κ1) is 45.2. The van der Waals surface area contributed by atoms with Gasteiger partial charge < -0.3 is 24.4 Å². The van der Waals surface area contributed by atoms with Crippen LogP contribution < -0.4 is 10.0 Å². The lowest BCUT2D eigenvalue weighted by Gasteiger charge is -2.33. The normalized spacial score (nSPS) is 12.0. The van der Waals surface area contributed by atoms with E-state index >= 15 is 0 Å². The maximum absolute atomic E-state index is 12.7. The molecule has 0 unspecified atom stereocenters. The molecule has 11 nitrogen and oxygen atoms in total. The van der Waals surface area contributed by atoms with E-state index in [1.807, 2.05) is 19.0 Å². The second-order valence-electron chi connectivity index (χ2n) is 13.1. The number of unbranched alkanes of at least 4 members (excludes halogenated alkanes) is 12. The Morgan fingerprint density at radius 2 is 0.957 bits per heavy atom. The average Bonchev–Trinajstić information content (AvgIpc) is 3.03. The number of esters is 3. The van der Waals surface area contributed by atoms with Crippen molar-refractivity contribution in [2.45, 2.75) is 148 Å².